The number of rotatable bonds is 6. The average molecular weight is 455 g/mol. The number of aryl methyl sites for hydroxylation is 3. The first-order chi connectivity index (χ1) is 14.9. The van der Waals surface area contributed by atoms with Crippen LogP contribution in [0.25, 0.3) is 16.6 Å². The van der Waals surface area contributed by atoms with Crippen LogP contribution in [0.4, 0.5) is 5.69 Å². The van der Waals surface area contributed by atoms with E-state index in [2.05, 4.69) is 58.9 Å². The molecule has 31 heavy (non-hydrogen) atoms. The fraction of sp³-hybridized carbons (Fsp3) is 0.261. The second-order valence-corrected chi connectivity index (χ2v) is 8.95. The molecule has 0 aliphatic carbocycles. The van der Waals surface area contributed by atoms with Crippen molar-refractivity contribution in [3.8, 4) is 5.75 Å². The summed E-state index contributed by atoms with van der Waals surface area (Å²) in [7, 11) is 1.55. The number of aromatic nitrogens is 3. The van der Waals surface area contributed by atoms with Crippen molar-refractivity contribution in [1.29, 1.82) is 0 Å². The highest BCUT2D eigenvalue weighted by Crippen LogP contribution is 2.30. The number of fused-ring (bicyclic) bond motifs is 3. The van der Waals surface area contributed by atoms with E-state index in [1.165, 1.54) is 33.8 Å². The first-order valence-corrected chi connectivity index (χ1v) is 11.3. The predicted molar refractivity (Wildman–Crippen MR) is 127 cm³/mol. The number of methoxy groups -OCH3 is 1. The molecule has 2 aromatic heterocycles. The fourth-order valence-electron chi connectivity index (χ4n) is 3.71. The molecule has 6 nitrogen and oxygen atoms in total. The van der Waals surface area contributed by atoms with Crippen molar-refractivity contribution in [2.75, 3.05) is 18.2 Å². The number of nitrogens with one attached hydrogen (secondary N) is 1. The highest BCUT2D eigenvalue weighted by Gasteiger charge is 2.14. The Morgan fingerprint density at radius 2 is 1.94 bits per heavy atom. The van der Waals surface area contributed by atoms with Crippen molar-refractivity contribution in [2.24, 2.45) is 0 Å². The topological polar surface area (TPSA) is 68.5 Å². The molecule has 0 fully saturated rings. The molecule has 0 spiro atoms. The average Bonchev–Trinajstić information content (AvgIpc) is 3.10. The molecule has 0 saturated carbocycles. The van der Waals surface area contributed by atoms with Crippen LogP contribution in [0.3, 0.4) is 0 Å². The quantitative estimate of drug-likeness (QED) is 0.384. The molecule has 2 aromatic carbocycles. The summed E-state index contributed by atoms with van der Waals surface area (Å²) < 4.78 is 7.22. The zero-order valence-corrected chi connectivity index (χ0v) is 19.4. The maximum atomic E-state index is 12.4. The lowest BCUT2D eigenvalue weighted by atomic mass is 10.0. The Morgan fingerprint density at radius 3 is 2.68 bits per heavy atom. The molecule has 4 rings (SSSR count). The second kappa shape index (κ2) is 8.77. The van der Waals surface area contributed by atoms with Crippen LogP contribution in [0.15, 0.2) is 41.6 Å². The van der Waals surface area contributed by atoms with E-state index in [4.69, 9.17) is 16.3 Å². The van der Waals surface area contributed by atoms with Gasteiger partial charge < -0.3 is 10.1 Å². The van der Waals surface area contributed by atoms with Crippen LogP contribution in [0.1, 0.15) is 23.1 Å². The van der Waals surface area contributed by atoms with Gasteiger partial charge in [0.1, 0.15) is 5.75 Å². The highest BCUT2D eigenvalue weighted by atomic mass is 35.5. The van der Waals surface area contributed by atoms with E-state index in [9.17, 15) is 4.79 Å². The van der Waals surface area contributed by atoms with E-state index >= 15 is 0 Å². The Balaban J connectivity index is 1.50. The van der Waals surface area contributed by atoms with Crippen LogP contribution in [0.5, 0.6) is 5.75 Å². The summed E-state index contributed by atoms with van der Waals surface area (Å²) in [6.45, 7) is 6.31. The summed E-state index contributed by atoms with van der Waals surface area (Å²) in [5, 5.41) is 14.0. The lowest BCUT2D eigenvalue weighted by Crippen LogP contribution is -2.12. The molecule has 0 bridgehead atoms. The lowest BCUT2D eigenvalue weighted by Gasteiger charge is -2.11. The van der Waals surface area contributed by atoms with Crippen LogP contribution < -0.4 is 10.1 Å². The molecule has 0 atom stereocenters. The van der Waals surface area contributed by atoms with Gasteiger partial charge in [-0.15, -0.1) is 10.2 Å². The van der Waals surface area contributed by atoms with Crippen LogP contribution in [-0.2, 0) is 4.79 Å². The third kappa shape index (κ3) is 4.34. The highest BCUT2D eigenvalue weighted by molar-refractivity contribution is 7.99. The van der Waals surface area contributed by atoms with E-state index in [1.54, 1.807) is 25.3 Å². The molecule has 0 aliphatic rings. The van der Waals surface area contributed by atoms with Crippen LogP contribution in [0, 0.1) is 20.8 Å². The number of anilines is 1. The standard InChI is InChI=1S/C23H23ClN4O2S/c1-13-9-15(3)22-17(10-13)14(2)11-20-26-27-23(28(20)22)31-8-7-21(29)25-16-5-6-19(30-4)18(24)12-16/h5-6,9-12H,7-8H2,1-4H3,(H,25,29). The van der Waals surface area contributed by atoms with Crippen molar-refractivity contribution in [3.05, 3.63) is 58.1 Å². The van der Waals surface area contributed by atoms with Crippen molar-refractivity contribution in [1.82, 2.24) is 14.6 Å². The van der Waals surface area contributed by atoms with Gasteiger partial charge >= 0.3 is 0 Å². The number of hydrogen-bond acceptors (Lipinski definition) is 5. The third-order valence-corrected chi connectivity index (χ3v) is 6.32. The molecule has 0 unspecified atom stereocenters. The Labute approximate surface area is 190 Å². The maximum Gasteiger partial charge on any atom is 0.225 e. The van der Waals surface area contributed by atoms with E-state index in [-0.39, 0.29) is 5.91 Å². The minimum atomic E-state index is -0.0879. The largest absolute Gasteiger partial charge is 0.495 e. The first kappa shape index (κ1) is 21.5. The number of hydrogen-bond donors (Lipinski definition) is 1. The molecule has 8 heteroatoms. The Morgan fingerprint density at radius 1 is 1.13 bits per heavy atom. The molecule has 0 aliphatic heterocycles. The molecular formula is C23H23ClN4O2S. The van der Waals surface area contributed by atoms with Gasteiger partial charge in [0.15, 0.2) is 10.8 Å². The zero-order chi connectivity index (χ0) is 22.1. The summed E-state index contributed by atoms with van der Waals surface area (Å²) in [6, 6.07) is 11.6. The van der Waals surface area contributed by atoms with Crippen molar-refractivity contribution >= 4 is 51.5 Å². The van der Waals surface area contributed by atoms with Gasteiger partial charge in [0.05, 0.1) is 17.6 Å². The summed E-state index contributed by atoms with van der Waals surface area (Å²) in [6.07, 6.45) is 0.338. The predicted octanol–water partition coefficient (Wildman–Crippen LogP) is 5.59. The summed E-state index contributed by atoms with van der Waals surface area (Å²) in [5.41, 5.74) is 6.16. The molecule has 0 saturated heterocycles. The number of carbonyl (C=O) groups excluding carboxylic acids is 1. The van der Waals surface area contributed by atoms with E-state index in [0.29, 0.717) is 28.6 Å². The second-order valence-electron chi connectivity index (χ2n) is 7.48. The van der Waals surface area contributed by atoms with Crippen LogP contribution in [0.2, 0.25) is 5.02 Å². The zero-order valence-electron chi connectivity index (χ0n) is 17.8. The number of amides is 1. The van der Waals surface area contributed by atoms with Crippen molar-refractivity contribution < 1.29 is 9.53 Å². The van der Waals surface area contributed by atoms with E-state index in [1.807, 2.05) is 0 Å². The maximum absolute atomic E-state index is 12.4. The van der Waals surface area contributed by atoms with Gasteiger partial charge in [-0.05, 0) is 62.2 Å². The van der Waals surface area contributed by atoms with Gasteiger partial charge in [-0.3, -0.25) is 9.20 Å². The Bertz CT molecular complexity index is 1300. The van der Waals surface area contributed by atoms with Crippen molar-refractivity contribution in [3.63, 3.8) is 0 Å². The smallest absolute Gasteiger partial charge is 0.225 e. The Hall–Kier alpha value is -2.77. The summed E-state index contributed by atoms with van der Waals surface area (Å²) >= 11 is 7.64. The number of carbonyl (C=O) groups is 1. The van der Waals surface area contributed by atoms with Crippen LogP contribution >= 0.6 is 23.4 Å². The first-order valence-electron chi connectivity index (χ1n) is 9.89. The van der Waals surface area contributed by atoms with Gasteiger partial charge in [0, 0.05) is 23.2 Å². The normalized spacial score (nSPS) is 11.3. The number of halogens is 1. The number of ether oxygens (including phenoxy) is 1. The van der Waals surface area contributed by atoms with Gasteiger partial charge in [-0.2, -0.15) is 0 Å². The van der Waals surface area contributed by atoms with Gasteiger partial charge in [0.2, 0.25) is 5.91 Å². The van der Waals surface area contributed by atoms with Gasteiger partial charge in [-0.1, -0.05) is 35.0 Å². The lowest BCUT2D eigenvalue weighted by molar-refractivity contribution is -0.115. The molecule has 1 amide bonds. The summed E-state index contributed by atoms with van der Waals surface area (Å²) in [4.78, 5) is 12.4. The van der Waals surface area contributed by atoms with Crippen molar-refractivity contribution in [2.45, 2.75) is 32.3 Å². The Kier molecular flexibility index (Phi) is 6.07. The van der Waals surface area contributed by atoms with Gasteiger partial charge in [0.25, 0.3) is 0 Å². The number of thioether (sulfide) groups is 1. The third-order valence-electron chi connectivity index (χ3n) is 5.09. The molecule has 2 heterocycles. The fourth-order valence-corrected chi connectivity index (χ4v) is 4.85. The minimum Gasteiger partial charge on any atom is -0.495 e. The minimum absolute atomic E-state index is 0.0879. The number of benzene rings is 2. The number of nitrogens with zero attached hydrogens (tertiary/aromatic N) is 3. The molecule has 4 aromatic rings. The monoisotopic (exact) mass is 454 g/mol. The number of pyridine rings is 1. The molecule has 1 N–H and O–H groups in total. The van der Waals surface area contributed by atoms with E-state index < -0.39 is 0 Å². The van der Waals surface area contributed by atoms with Gasteiger partial charge in [-0.25, -0.2) is 0 Å². The van der Waals surface area contributed by atoms with E-state index in [0.717, 1.165) is 16.3 Å². The van der Waals surface area contributed by atoms with Crippen LogP contribution in [-0.4, -0.2) is 33.4 Å². The summed E-state index contributed by atoms with van der Waals surface area (Å²) in [5.74, 6) is 1.06. The SMILES string of the molecule is COc1ccc(NC(=O)CCSc2nnc3cc(C)c4cc(C)cc(C)c4n23)cc1Cl. The molecule has 160 valence electrons. The molecule has 0 radical (unpaired) electrons. The molecular weight excluding hydrogens is 432 g/mol.